The first-order valence-corrected chi connectivity index (χ1v) is 8.19. The van der Waals surface area contributed by atoms with E-state index in [0.717, 1.165) is 25.0 Å². The Kier molecular flexibility index (Phi) is 7.00. The van der Waals surface area contributed by atoms with Gasteiger partial charge >= 0.3 is 6.09 Å². The molecule has 1 aliphatic carbocycles. The molecule has 0 aromatic carbocycles. The van der Waals surface area contributed by atoms with Crippen LogP contribution in [0.3, 0.4) is 0 Å². The number of ether oxygens (including phenoxy) is 1. The topological polar surface area (TPSA) is 58.6 Å². The molecular formula is C14H27NO3S. The smallest absolute Gasteiger partial charge is 0.404 e. The number of carbonyl (C=O) groups is 1. The van der Waals surface area contributed by atoms with Gasteiger partial charge in [-0.05, 0) is 50.0 Å². The van der Waals surface area contributed by atoms with Crippen molar-refractivity contribution in [3.05, 3.63) is 0 Å². The highest BCUT2D eigenvalue weighted by Crippen LogP contribution is 2.31. The predicted molar refractivity (Wildman–Crippen MR) is 79.9 cm³/mol. The maximum atomic E-state index is 10.9. The minimum absolute atomic E-state index is 0.0794. The first-order valence-electron chi connectivity index (χ1n) is 7.15. The summed E-state index contributed by atoms with van der Waals surface area (Å²) in [6.45, 7) is 8.46. The van der Waals surface area contributed by atoms with Crippen molar-refractivity contribution in [1.29, 1.82) is 0 Å². The van der Waals surface area contributed by atoms with Crippen molar-refractivity contribution in [2.45, 2.75) is 70.5 Å². The quantitative estimate of drug-likeness (QED) is 0.787. The van der Waals surface area contributed by atoms with E-state index in [1.807, 2.05) is 11.8 Å². The van der Waals surface area contributed by atoms with E-state index >= 15 is 0 Å². The highest BCUT2D eigenvalue weighted by Gasteiger charge is 2.32. The van der Waals surface area contributed by atoms with Gasteiger partial charge in [0.25, 0.3) is 0 Å². The maximum absolute atomic E-state index is 10.9. The van der Waals surface area contributed by atoms with Crippen LogP contribution >= 0.6 is 11.8 Å². The van der Waals surface area contributed by atoms with E-state index in [4.69, 9.17) is 9.84 Å². The van der Waals surface area contributed by atoms with Gasteiger partial charge in [-0.15, -0.1) is 0 Å². The van der Waals surface area contributed by atoms with Gasteiger partial charge in [-0.2, -0.15) is 11.8 Å². The molecule has 1 saturated carbocycles. The van der Waals surface area contributed by atoms with Crippen molar-refractivity contribution in [2.24, 2.45) is 5.92 Å². The number of rotatable bonds is 6. The number of hydrogen-bond donors (Lipinski definition) is 2. The SMILES string of the molecule is CC(C)OC1CC[C@H](NC(=O)O)[C@@H](CSC(C)C)C1. The summed E-state index contributed by atoms with van der Waals surface area (Å²) in [5, 5.41) is 12.2. The maximum Gasteiger partial charge on any atom is 0.404 e. The van der Waals surface area contributed by atoms with E-state index in [9.17, 15) is 4.79 Å². The fourth-order valence-corrected chi connectivity index (χ4v) is 3.58. The second-order valence-corrected chi connectivity index (χ2v) is 7.43. The lowest BCUT2D eigenvalue weighted by Gasteiger charge is -2.36. The molecule has 3 atom stereocenters. The minimum atomic E-state index is -0.909. The summed E-state index contributed by atoms with van der Waals surface area (Å²) in [4.78, 5) is 10.9. The van der Waals surface area contributed by atoms with E-state index in [2.05, 4.69) is 33.0 Å². The van der Waals surface area contributed by atoms with Crippen molar-refractivity contribution < 1.29 is 14.6 Å². The van der Waals surface area contributed by atoms with Gasteiger partial charge in [0.2, 0.25) is 0 Å². The molecule has 0 aromatic heterocycles. The molecule has 1 amide bonds. The van der Waals surface area contributed by atoms with Gasteiger partial charge in [0.1, 0.15) is 0 Å². The van der Waals surface area contributed by atoms with E-state index in [-0.39, 0.29) is 18.2 Å². The average Bonchev–Trinajstić information content (AvgIpc) is 2.27. The third-order valence-corrected chi connectivity index (χ3v) is 4.64. The molecule has 1 rings (SSSR count). The third kappa shape index (κ3) is 6.52. The summed E-state index contributed by atoms with van der Waals surface area (Å²) in [5.41, 5.74) is 0. The van der Waals surface area contributed by atoms with Crippen molar-refractivity contribution in [2.75, 3.05) is 5.75 Å². The lowest BCUT2D eigenvalue weighted by Crippen LogP contribution is -2.46. The van der Waals surface area contributed by atoms with E-state index in [1.54, 1.807) is 0 Å². The van der Waals surface area contributed by atoms with Crippen LogP contribution in [0, 0.1) is 5.92 Å². The average molecular weight is 289 g/mol. The molecule has 5 heteroatoms. The molecular weight excluding hydrogens is 262 g/mol. The van der Waals surface area contributed by atoms with Gasteiger partial charge in [-0.25, -0.2) is 4.79 Å². The van der Waals surface area contributed by atoms with Crippen molar-refractivity contribution in [1.82, 2.24) is 5.32 Å². The Morgan fingerprint density at radius 2 is 2.05 bits per heavy atom. The number of nitrogens with one attached hydrogen (secondary N) is 1. The zero-order chi connectivity index (χ0) is 14.4. The third-order valence-electron chi connectivity index (χ3n) is 3.35. The molecule has 1 unspecified atom stereocenters. The van der Waals surface area contributed by atoms with Gasteiger partial charge in [-0.3, -0.25) is 0 Å². The largest absolute Gasteiger partial charge is 0.465 e. The Balaban J connectivity index is 2.54. The summed E-state index contributed by atoms with van der Waals surface area (Å²) in [7, 11) is 0. The van der Waals surface area contributed by atoms with Crippen LogP contribution in [0.4, 0.5) is 4.79 Å². The summed E-state index contributed by atoms with van der Waals surface area (Å²) in [5.74, 6) is 1.38. The van der Waals surface area contributed by atoms with E-state index in [0.29, 0.717) is 11.2 Å². The number of amides is 1. The van der Waals surface area contributed by atoms with Gasteiger partial charge < -0.3 is 15.2 Å². The predicted octanol–water partition coefficient (Wildman–Crippen LogP) is 3.36. The van der Waals surface area contributed by atoms with Crippen molar-refractivity contribution in [3.8, 4) is 0 Å². The van der Waals surface area contributed by atoms with Crippen LogP contribution in [-0.4, -0.2) is 40.5 Å². The molecule has 1 fully saturated rings. The van der Waals surface area contributed by atoms with Crippen LogP contribution in [0.1, 0.15) is 47.0 Å². The summed E-state index contributed by atoms with van der Waals surface area (Å²) >= 11 is 1.90. The second-order valence-electron chi connectivity index (χ2n) is 5.82. The monoisotopic (exact) mass is 289 g/mol. The zero-order valence-corrected chi connectivity index (χ0v) is 13.2. The van der Waals surface area contributed by atoms with Crippen LogP contribution < -0.4 is 5.32 Å². The summed E-state index contributed by atoms with van der Waals surface area (Å²) in [6.07, 6.45) is 2.41. The van der Waals surface area contributed by atoms with Gasteiger partial charge in [0.15, 0.2) is 0 Å². The summed E-state index contributed by atoms with van der Waals surface area (Å²) in [6, 6.07) is 0.0794. The fraction of sp³-hybridized carbons (Fsp3) is 0.929. The summed E-state index contributed by atoms with van der Waals surface area (Å²) < 4.78 is 5.90. The molecule has 0 aromatic rings. The van der Waals surface area contributed by atoms with Crippen LogP contribution in [-0.2, 0) is 4.74 Å². The zero-order valence-electron chi connectivity index (χ0n) is 12.4. The first kappa shape index (κ1) is 16.6. The van der Waals surface area contributed by atoms with Crippen LogP contribution in [0.25, 0.3) is 0 Å². The van der Waals surface area contributed by atoms with Crippen LogP contribution in [0.2, 0.25) is 0 Å². The molecule has 0 spiro atoms. The Morgan fingerprint density at radius 1 is 1.37 bits per heavy atom. The Bertz CT molecular complexity index is 284. The van der Waals surface area contributed by atoms with Gasteiger partial charge in [0, 0.05) is 6.04 Å². The molecule has 2 N–H and O–H groups in total. The Labute approximate surface area is 120 Å². The Morgan fingerprint density at radius 3 is 2.58 bits per heavy atom. The molecule has 112 valence electrons. The lowest BCUT2D eigenvalue weighted by molar-refractivity contribution is -0.0273. The highest BCUT2D eigenvalue weighted by molar-refractivity contribution is 7.99. The van der Waals surface area contributed by atoms with Crippen LogP contribution in [0.5, 0.6) is 0 Å². The molecule has 1 aliphatic rings. The van der Waals surface area contributed by atoms with Crippen molar-refractivity contribution in [3.63, 3.8) is 0 Å². The van der Waals surface area contributed by atoms with Crippen LogP contribution in [0.15, 0.2) is 0 Å². The normalized spacial score (nSPS) is 27.8. The first-order chi connectivity index (χ1) is 8.88. The number of carboxylic acid groups (broad SMARTS) is 1. The fourth-order valence-electron chi connectivity index (χ4n) is 2.58. The molecule has 0 heterocycles. The van der Waals surface area contributed by atoms with E-state index < -0.39 is 6.09 Å². The van der Waals surface area contributed by atoms with Crippen molar-refractivity contribution >= 4 is 17.9 Å². The number of thioether (sulfide) groups is 1. The molecule has 0 saturated heterocycles. The standard InChI is InChI=1S/C14H27NO3S/c1-9(2)18-12-5-6-13(15-14(16)17)11(7-12)8-19-10(3)4/h9-13,15H,5-8H2,1-4H3,(H,16,17)/t11-,12?,13+/m1/s1. The molecule has 0 radical (unpaired) electrons. The van der Waals surface area contributed by atoms with Gasteiger partial charge in [0.05, 0.1) is 12.2 Å². The molecule has 0 bridgehead atoms. The highest BCUT2D eigenvalue weighted by atomic mass is 32.2. The molecule has 19 heavy (non-hydrogen) atoms. The minimum Gasteiger partial charge on any atom is -0.465 e. The van der Waals surface area contributed by atoms with Gasteiger partial charge in [-0.1, -0.05) is 13.8 Å². The second kappa shape index (κ2) is 8.00. The lowest BCUT2D eigenvalue weighted by atomic mass is 9.84. The Hall–Kier alpha value is -0.420. The van der Waals surface area contributed by atoms with E-state index in [1.165, 1.54) is 0 Å². The molecule has 0 aliphatic heterocycles. The number of hydrogen-bond acceptors (Lipinski definition) is 3. The molecule has 4 nitrogen and oxygen atoms in total.